The van der Waals surface area contributed by atoms with Gasteiger partial charge in [0, 0.05) is 17.8 Å². The van der Waals surface area contributed by atoms with E-state index in [4.69, 9.17) is 4.74 Å². The van der Waals surface area contributed by atoms with E-state index in [1.165, 1.54) is 7.11 Å². The van der Waals surface area contributed by atoms with Crippen molar-refractivity contribution in [1.82, 2.24) is 0 Å². The van der Waals surface area contributed by atoms with E-state index >= 15 is 0 Å². The third kappa shape index (κ3) is 1.73. The summed E-state index contributed by atoms with van der Waals surface area (Å²) in [6.45, 7) is 1.89. The van der Waals surface area contributed by atoms with Gasteiger partial charge in [0.1, 0.15) is 0 Å². The fraction of sp³-hybridized carbons (Fsp3) is 0.250. The zero-order chi connectivity index (χ0) is 10.8. The molecule has 1 aliphatic heterocycles. The highest BCUT2D eigenvalue weighted by molar-refractivity contribution is 5.91. The van der Waals surface area contributed by atoms with Gasteiger partial charge in [-0.15, -0.1) is 0 Å². The third-order valence-corrected chi connectivity index (χ3v) is 2.59. The van der Waals surface area contributed by atoms with Gasteiger partial charge in [-0.1, -0.05) is 18.2 Å². The Morgan fingerprint density at radius 3 is 2.87 bits per heavy atom. The number of hydrogen-bond acceptors (Lipinski definition) is 3. The topological polar surface area (TPSA) is 38.3 Å². The summed E-state index contributed by atoms with van der Waals surface area (Å²) in [6, 6.07) is 7.96. The smallest absolute Gasteiger partial charge is 0.335 e. The minimum atomic E-state index is -0.255. The van der Waals surface area contributed by atoms with Crippen LogP contribution in [0.25, 0.3) is 0 Å². The van der Waals surface area contributed by atoms with E-state index in [1.807, 2.05) is 31.2 Å². The lowest BCUT2D eigenvalue weighted by atomic mass is 9.98. The van der Waals surface area contributed by atoms with Crippen LogP contribution in [0, 0.1) is 0 Å². The minimum absolute atomic E-state index is 0.255. The van der Waals surface area contributed by atoms with Crippen molar-refractivity contribution in [3.8, 4) is 0 Å². The maximum atomic E-state index is 11.5. The summed E-state index contributed by atoms with van der Waals surface area (Å²) in [5.74, 6) is -0.255. The maximum Gasteiger partial charge on any atom is 0.335 e. The highest BCUT2D eigenvalue weighted by Crippen LogP contribution is 2.27. The van der Waals surface area contributed by atoms with Crippen molar-refractivity contribution in [2.24, 2.45) is 0 Å². The molecule has 1 aromatic rings. The van der Waals surface area contributed by atoms with Crippen molar-refractivity contribution >= 4 is 11.7 Å². The fourth-order valence-electron chi connectivity index (χ4n) is 1.75. The molecule has 78 valence electrons. The quantitative estimate of drug-likeness (QED) is 0.710. The van der Waals surface area contributed by atoms with Crippen LogP contribution in [0.5, 0.6) is 0 Å². The Morgan fingerprint density at radius 2 is 2.13 bits per heavy atom. The molecule has 0 saturated carbocycles. The summed E-state index contributed by atoms with van der Waals surface area (Å²) >= 11 is 0. The van der Waals surface area contributed by atoms with Crippen molar-refractivity contribution in [1.29, 1.82) is 0 Å². The first kappa shape index (κ1) is 9.77. The molecule has 0 bridgehead atoms. The number of rotatable bonds is 1. The molecule has 0 amide bonds. The largest absolute Gasteiger partial charge is 0.466 e. The van der Waals surface area contributed by atoms with Gasteiger partial charge in [0.2, 0.25) is 0 Å². The molecule has 0 unspecified atom stereocenters. The second kappa shape index (κ2) is 3.77. The van der Waals surface area contributed by atoms with Gasteiger partial charge in [0.15, 0.2) is 0 Å². The van der Waals surface area contributed by atoms with E-state index in [9.17, 15) is 4.79 Å². The summed E-state index contributed by atoms with van der Waals surface area (Å²) in [4.78, 5) is 11.5. The second-order valence-corrected chi connectivity index (χ2v) is 3.55. The highest BCUT2D eigenvalue weighted by atomic mass is 16.5. The van der Waals surface area contributed by atoms with Crippen LogP contribution < -0.4 is 5.32 Å². The zero-order valence-electron chi connectivity index (χ0n) is 8.83. The molecule has 0 aliphatic carbocycles. The number of fused-ring (bicyclic) bond motifs is 1. The molecule has 0 fully saturated rings. The van der Waals surface area contributed by atoms with Gasteiger partial charge >= 0.3 is 5.97 Å². The number of ether oxygens (including phenoxy) is 1. The molecule has 0 radical (unpaired) electrons. The van der Waals surface area contributed by atoms with Gasteiger partial charge < -0.3 is 10.1 Å². The molecule has 0 spiro atoms. The van der Waals surface area contributed by atoms with Gasteiger partial charge in [-0.05, 0) is 18.6 Å². The van der Waals surface area contributed by atoms with Crippen molar-refractivity contribution < 1.29 is 9.53 Å². The first-order valence-electron chi connectivity index (χ1n) is 4.85. The summed E-state index contributed by atoms with van der Waals surface area (Å²) in [5, 5.41) is 3.20. The van der Waals surface area contributed by atoms with Gasteiger partial charge in [-0.3, -0.25) is 0 Å². The maximum absolute atomic E-state index is 11.5. The Morgan fingerprint density at radius 1 is 1.40 bits per heavy atom. The van der Waals surface area contributed by atoms with Gasteiger partial charge in [-0.2, -0.15) is 0 Å². The minimum Gasteiger partial charge on any atom is -0.466 e. The number of nitrogens with one attached hydrogen (secondary N) is 1. The van der Waals surface area contributed by atoms with Crippen LogP contribution in [0.15, 0.2) is 35.5 Å². The lowest BCUT2D eigenvalue weighted by molar-refractivity contribution is -0.136. The number of esters is 1. The fourth-order valence-corrected chi connectivity index (χ4v) is 1.75. The van der Waals surface area contributed by atoms with Crippen LogP contribution >= 0.6 is 0 Å². The number of para-hydroxylation sites is 1. The van der Waals surface area contributed by atoms with Crippen LogP contribution in [0.3, 0.4) is 0 Å². The molecule has 3 nitrogen and oxygen atoms in total. The van der Waals surface area contributed by atoms with E-state index in [2.05, 4.69) is 5.32 Å². The normalized spacial score (nSPS) is 14.3. The van der Waals surface area contributed by atoms with E-state index < -0.39 is 0 Å². The van der Waals surface area contributed by atoms with Gasteiger partial charge in [-0.25, -0.2) is 4.79 Å². The predicted octanol–water partition coefficient (Wildman–Crippen LogP) is 2.10. The predicted molar refractivity (Wildman–Crippen MR) is 58.5 cm³/mol. The van der Waals surface area contributed by atoms with Crippen LogP contribution in [0.4, 0.5) is 5.69 Å². The number of anilines is 1. The SMILES string of the molecule is COC(=O)C1=C(C)Nc2ccccc2C1. The van der Waals surface area contributed by atoms with Crippen molar-refractivity contribution in [2.45, 2.75) is 13.3 Å². The summed E-state index contributed by atoms with van der Waals surface area (Å²) < 4.78 is 4.74. The number of carbonyl (C=O) groups is 1. The number of methoxy groups -OCH3 is 1. The molecule has 1 N–H and O–H groups in total. The number of benzene rings is 1. The summed E-state index contributed by atoms with van der Waals surface area (Å²) in [7, 11) is 1.41. The Hall–Kier alpha value is -1.77. The molecular weight excluding hydrogens is 190 g/mol. The van der Waals surface area contributed by atoms with E-state index in [0.717, 1.165) is 16.9 Å². The van der Waals surface area contributed by atoms with Gasteiger partial charge in [0.05, 0.1) is 12.7 Å². The Balaban J connectivity index is 2.35. The first-order valence-corrected chi connectivity index (χ1v) is 4.85. The van der Waals surface area contributed by atoms with Crippen molar-refractivity contribution in [3.63, 3.8) is 0 Å². The van der Waals surface area contributed by atoms with Gasteiger partial charge in [0.25, 0.3) is 0 Å². The van der Waals surface area contributed by atoms with Crippen LogP contribution in [-0.4, -0.2) is 13.1 Å². The zero-order valence-corrected chi connectivity index (χ0v) is 8.83. The Kier molecular flexibility index (Phi) is 2.46. The average Bonchev–Trinajstić information content (AvgIpc) is 2.27. The van der Waals surface area contributed by atoms with E-state index in [-0.39, 0.29) is 5.97 Å². The number of hydrogen-bond donors (Lipinski definition) is 1. The van der Waals surface area contributed by atoms with Crippen LogP contribution in [0.1, 0.15) is 12.5 Å². The molecule has 2 rings (SSSR count). The average molecular weight is 203 g/mol. The molecule has 1 heterocycles. The monoisotopic (exact) mass is 203 g/mol. The van der Waals surface area contributed by atoms with Crippen LogP contribution in [-0.2, 0) is 16.0 Å². The number of allylic oxidation sites excluding steroid dienone is 1. The Labute approximate surface area is 88.8 Å². The molecule has 0 saturated heterocycles. The molecule has 1 aliphatic rings. The van der Waals surface area contributed by atoms with Crippen LogP contribution in [0.2, 0.25) is 0 Å². The first-order chi connectivity index (χ1) is 7.22. The van der Waals surface area contributed by atoms with E-state index in [1.54, 1.807) is 0 Å². The highest BCUT2D eigenvalue weighted by Gasteiger charge is 2.20. The summed E-state index contributed by atoms with van der Waals surface area (Å²) in [5.41, 5.74) is 3.78. The molecule has 15 heavy (non-hydrogen) atoms. The molecule has 1 aromatic carbocycles. The lowest BCUT2D eigenvalue weighted by Gasteiger charge is -2.21. The molecule has 0 aromatic heterocycles. The molecule has 0 atom stereocenters. The Bertz CT molecular complexity index is 435. The molecule has 3 heteroatoms. The molecular formula is C12H13NO2. The lowest BCUT2D eigenvalue weighted by Crippen LogP contribution is -2.18. The second-order valence-electron chi connectivity index (χ2n) is 3.55. The standard InChI is InChI=1S/C12H13NO2/c1-8-10(12(14)15-2)7-9-5-3-4-6-11(9)13-8/h3-6,13H,7H2,1-2H3. The summed E-state index contributed by atoms with van der Waals surface area (Å²) in [6.07, 6.45) is 0.641. The van der Waals surface area contributed by atoms with Crippen molar-refractivity contribution in [3.05, 3.63) is 41.1 Å². The third-order valence-electron chi connectivity index (χ3n) is 2.59. The number of carbonyl (C=O) groups excluding carboxylic acids is 1. The van der Waals surface area contributed by atoms with E-state index in [0.29, 0.717) is 12.0 Å². The van der Waals surface area contributed by atoms with Crippen molar-refractivity contribution in [2.75, 3.05) is 12.4 Å².